The van der Waals surface area contributed by atoms with E-state index in [0.29, 0.717) is 19.1 Å². The van der Waals surface area contributed by atoms with E-state index in [1.54, 1.807) is 0 Å². The van der Waals surface area contributed by atoms with E-state index in [-0.39, 0.29) is 5.91 Å². The Morgan fingerprint density at radius 3 is 2.81 bits per heavy atom. The van der Waals surface area contributed by atoms with E-state index in [1.165, 1.54) is 0 Å². The van der Waals surface area contributed by atoms with Gasteiger partial charge in [-0.15, -0.1) is 0 Å². The summed E-state index contributed by atoms with van der Waals surface area (Å²) in [6, 6.07) is 0.524. The fourth-order valence-corrected chi connectivity index (χ4v) is 2.74. The topological polar surface area (TPSA) is 62.2 Å². The van der Waals surface area contributed by atoms with Crippen LogP contribution in [0, 0.1) is 13.8 Å². The van der Waals surface area contributed by atoms with Gasteiger partial charge in [-0.1, -0.05) is 0 Å². The first-order valence-electron chi connectivity index (χ1n) is 7.74. The first kappa shape index (κ1) is 16.0. The molecular formula is C15H27N5O. The Labute approximate surface area is 126 Å². The van der Waals surface area contributed by atoms with Crippen LogP contribution in [-0.4, -0.2) is 59.6 Å². The highest BCUT2D eigenvalue weighted by Crippen LogP contribution is 2.09. The normalized spacial score (nSPS) is 16.4. The molecule has 0 saturated carbocycles. The Morgan fingerprint density at radius 1 is 1.48 bits per heavy atom. The second-order valence-electron chi connectivity index (χ2n) is 5.86. The zero-order valence-electron chi connectivity index (χ0n) is 13.4. The molecule has 0 aromatic carbocycles. The van der Waals surface area contributed by atoms with Crippen LogP contribution in [0.1, 0.15) is 24.2 Å². The molecule has 0 atom stereocenters. The summed E-state index contributed by atoms with van der Waals surface area (Å²) < 4.78 is 2.08. The molecule has 1 aliphatic rings. The van der Waals surface area contributed by atoms with Crippen molar-refractivity contribution >= 4 is 5.91 Å². The highest BCUT2D eigenvalue weighted by Gasteiger charge is 2.19. The number of hydrogen-bond acceptors (Lipinski definition) is 4. The summed E-state index contributed by atoms with van der Waals surface area (Å²) in [5, 5.41) is 6.34. The van der Waals surface area contributed by atoms with Gasteiger partial charge in [0.1, 0.15) is 0 Å². The number of nitrogens with zero attached hydrogens (tertiary/aromatic N) is 3. The predicted molar refractivity (Wildman–Crippen MR) is 83.2 cm³/mol. The van der Waals surface area contributed by atoms with Gasteiger partial charge in [-0.25, -0.2) is 4.98 Å². The molecule has 1 saturated heterocycles. The van der Waals surface area contributed by atoms with E-state index < -0.39 is 0 Å². The van der Waals surface area contributed by atoms with Crippen LogP contribution in [-0.2, 0) is 11.3 Å². The largest absolute Gasteiger partial charge is 0.353 e. The summed E-state index contributed by atoms with van der Waals surface area (Å²) in [6.07, 6.45) is 4.08. The third kappa shape index (κ3) is 4.54. The molecule has 0 aliphatic carbocycles. The first-order valence-corrected chi connectivity index (χ1v) is 7.74. The smallest absolute Gasteiger partial charge is 0.234 e. The Hall–Kier alpha value is -1.40. The number of aryl methyl sites for hydroxylation is 1. The Balaban J connectivity index is 1.68. The minimum Gasteiger partial charge on any atom is -0.353 e. The van der Waals surface area contributed by atoms with Crippen molar-refractivity contribution in [2.45, 2.75) is 39.3 Å². The van der Waals surface area contributed by atoms with E-state index in [4.69, 9.17) is 0 Å². The molecule has 0 bridgehead atoms. The van der Waals surface area contributed by atoms with E-state index in [2.05, 4.69) is 32.0 Å². The van der Waals surface area contributed by atoms with Crippen LogP contribution < -0.4 is 10.6 Å². The summed E-state index contributed by atoms with van der Waals surface area (Å²) >= 11 is 0. The molecule has 1 aromatic heterocycles. The van der Waals surface area contributed by atoms with Crippen molar-refractivity contribution < 1.29 is 4.79 Å². The number of carbonyl (C=O) groups is 1. The standard InChI is InChI=1S/C15H27N5O/c1-12-13(2)20(11-18-12)9-8-17-15(21)10-19(3)14-4-6-16-7-5-14/h11,14,16H,4-10H2,1-3H3,(H,17,21). The fraction of sp³-hybridized carbons (Fsp3) is 0.733. The average molecular weight is 293 g/mol. The quantitative estimate of drug-likeness (QED) is 0.792. The number of carbonyl (C=O) groups excluding carboxylic acids is 1. The highest BCUT2D eigenvalue weighted by molar-refractivity contribution is 5.77. The van der Waals surface area contributed by atoms with Crippen LogP contribution in [0.5, 0.6) is 0 Å². The molecule has 2 heterocycles. The predicted octanol–water partition coefficient (Wildman–Crippen LogP) is 0.300. The summed E-state index contributed by atoms with van der Waals surface area (Å²) in [7, 11) is 2.04. The zero-order chi connectivity index (χ0) is 15.2. The van der Waals surface area contributed by atoms with Crippen molar-refractivity contribution in [3.05, 3.63) is 17.7 Å². The maximum atomic E-state index is 12.0. The van der Waals surface area contributed by atoms with Gasteiger partial charge in [0.15, 0.2) is 0 Å². The molecule has 118 valence electrons. The van der Waals surface area contributed by atoms with Gasteiger partial charge in [0.2, 0.25) is 5.91 Å². The Kier molecular flexibility index (Phi) is 5.76. The summed E-state index contributed by atoms with van der Waals surface area (Å²) in [6.45, 7) is 8.05. The Morgan fingerprint density at radius 2 is 2.19 bits per heavy atom. The molecule has 6 nitrogen and oxygen atoms in total. The van der Waals surface area contributed by atoms with E-state index in [9.17, 15) is 4.79 Å². The second kappa shape index (κ2) is 7.56. The van der Waals surface area contributed by atoms with Crippen LogP contribution in [0.3, 0.4) is 0 Å². The molecule has 21 heavy (non-hydrogen) atoms. The van der Waals surface area contributed by atoms with E-state index in [1.807, 2.05) is 20.3 Å². The van der Waals surface area contributed by atoms with E-state index in [0.717, 1.165) is 43.9 Å². The number of imidazole rings is 1. The van der Waals surface area contributed by atoms with Gasteiger partial charge >= 0.3 is 0 Å². The van der Waals surface area contributed by atoms with Crippen molar-refractivity contribution in [1.82, 2.24) is 25.1 Å². The minimum absolute atomic E-state index is 0.102. The highest BCUT2D eigenvalue weighted by atomic mass is 16.2. The van der Waals surface area contributed by atoms with Gasteiger partial charge in [-0.2, -0.15) is 0 Å². The Bertz CT molecular complexity index is 465. The maximum absolute atomic E-state index is 12.0. The maximum Gasteiger partial charge on any atom is 0.234 e. The molecular weight excluding hydrogens is 266 g/mol. The molecule has 2 N–H and O–H groups in total. The molecule has 0 spiro atoms. The molecule has 0 radical (unpaired) electrons. The van der Waals surface area contributed by atoms with Crippen LogP contribution in [0.2, 0.25) is 0 Å². The van der Waals surface area contributed by atoms with Gasteiger partial charge in [-0.05, 0) is 46.8 Å². The lowest BCUT2D eigenvalue weighted by molar-refractivity contribution is -0.122. The van der Waals surface area contributed by atoms with Gasteiger partial charge in [0, 0.05) is 24.8 Å². The number of nitrogens with one attached hydrogen (secondary N) is 2. The monoisotopic (exact) mass is 293 g/mol. The third-order valence-electron chi connectivity index (χ3n) is 4.35. The summed E-state index contributed by atoms with van der Waals surface area (Å²) in [5.41, 5.74) is 2.21. The third-order valence-corrected chi connectivity index (χ3v) is 4.35. The van der Waals surface area contributed by atoms with Crippen LogP contribution in [0.15, 0.2) is 6.33 Å². The molecule has 1 fully saturated rings. The van der Waals surface area contributed by atoms with Gasteiger partial charge in [0.25, 0.3) is 0 Å². The first-order chi connectivity index (χ1) is 10.1. The number of amides is 1. The molecule has 1 amide bonds. The SMILES string of the molecule is Cc1ncn(CCNC(=O)CN(C)C2CCNCC2)c1C. The van der Waals surface area contributed by atoms with Crippen molar-refractivity contribution in [3.8, 4) is 0 Å². The minimum atomic E-state index is 0.102. The van der Waals surface area contributed by atoms with Crippen molar-refractivity contribution in [1.29, 1.82) is 0 Å². The van der Waals surface area contributed by atoms with Gasteiger partial charge in [0.05, 0.1) is 18.6 Å². The zero-order valence-corrected chi connectivity index (χ0v) is 13.4. The summed E-state index contributed by atoms with van der Waals surface area (Å²) in [5.74, 6) is 0.102. The van der Waals surface area contributed by atoms with Crippen molar-refractivity contribution in [2.75, 3.05) is 33.2 Å². The molecule has 2 rings (SSSR count). The van der Waals surface area contributed by atoms with Gasteiger partial charge < -0.3 is 15.2 Å². The molecule has 0 unspecified atom stereocenters. The lowest BCUT2D eigenvalue weighted by atomic mass is 10.1. The number of likely N-dealkylation sites (N-methyl/N-ethyl adjacent to an activating group) is 1. The van der Waals surface area contributed by atoms with E-state index >= 15 is 0 Å². The average Bonchev–Trinajstić information content (AvgIpc) is 2.80. The number of piperidine rings is 1. The number of rotatable bonds is 6. The van der Waals surface area contributed by atoms with Crippen molar-refractivity contribution in [3.63, 3.8) is 0 Å². The van der Waals surface area contributed by atoms with Crippen LogP contribution in [0.25, 0.3) is 0 Å². The molecule has 1 aliphatic heterocycles. The lowest BCUT2D eigenvalue weighted by Gasteiger charge is -2.31. The van der Waals surface area contributed by atoms with Crippen LogP contribution in [0.4, 0.5) is 0 Å². The molecule has 1 aromatic rings. The fourth-order valence-electron chi connectivity index (χ4n) is 2.74. The van der Waals surface area contributed by atoms with Gasteiger partial charge in [-0.3, -0.25) is 9.69 Å². The van der Waals surface area contributed by atoms with Crippen LogP contribution >= 0.6 is 0 Å². The number of aromatic nitrogens is 2. The second-order valence-corrected chi connectivity index (χ2v) is 5.86. The molecule has 6 heteroatoms. The summed E-state index contributed by atoms with van der Waals surface area (Å²) in [4.78, 5) is 18.4. The lowest BCUT2D eigenvalue weighted by Crippen LogP contribution is -2.45. The van der Waals surface area contributed by atoms with Crippen molar-refractivity contribution in [2.24, 2.45) is 0 Å². The number of hydrogen-bond donors (Lipinski definition) is 2.